The second kappa shape index (κ2) is 5.07. The SMILES string of the molecule is CCC(C)(C)Nc1nc(C(F)(F)F)ccc1C(N)=O. The summed E-state index contributed by atoms with van der Waals surface area (Å²) in [5.74, 6) is -0.968. The largest absolute Gasteiger partial charge is 0.433 e. The van der Waals surface area contributed by atoms with Crippen LogP contribution in [0.15, 0.2) is 12.1 Å². The number of aromatic nitrogens is 1. The molecule has 1 aromatic rings. The van der Waals surface area contributed by atoms with Crippen molar-refractivity contribution in [2.75, 3.05) is 5.32 Å². The number of halogens is 3. The monoisotopic (exact) mass is 275 g/mol. The third-order valence-corrected chi connectivity index (χ3v) is 2.79. The molecule has 0 fully saturated rings. The summed E-state index contributed by atoms with van der Waals surface area (Å²) in [6.45, 7) is 5.45. The van der Waals surface area contributed by atoms with Crippen molar-refractivity contribution in [1.82, 2.24) is 4.98 Å². The summed E-state index contributed by atoms with van der Waals surface area (Å²) in [5.41, 5.74) is 3.51. The molecule has 0 aliphatic rings. The van der Waals surface area contributed by atoms with E-state index in [1.807, 2.05) is 6.92 Å². The predicted octanol–water partition coefficient (Wildman–Crippen LogP) is 2.80. The van der Waals surface area contributed by atoms with Crippen LogP contribution in [0.4, 0.5) is 19.0 Å². The summed E-state index contributed by atoms with van der Waals surface area (Å²) in [5, 5.41) is 2.82. The Morgan fingerprint density at radius 2 is 1.95 bits per heavy atom. The van der Waals surface area contributed by atoms with E-state index in [1.54, 1.807) is 13.8 Å². The van der Waals surface area contributed by atoms with E-state index in [-0.39, 0.29) is 11.4 Å². The first-order chi connectivity index (χ1) is 8.57. The van der Waals surface area contributed by atoms with E-state index in [1.165, 1.54) is 0 Å². The van der Waals surface area contributed by atoms with E-state index in [2.05, 4.69) is 10.3 Å². The molecule has 0 saturated carbocycles. The lowest BCUT2D eigenvalue weighted by Crippen LogP contribution is -2.32. The lowest BCUT2D eigenvalue weighted by Gasteiger charge is -2.26. The lowest BCUT2D eigenvalue weighted by atomic mass is 10.0. The van der Waals surface area contributed by atoms with E-state index >= 15 is 0 Å². The minimum Gasteiger partial charge on any atom is -0.365 e. The minimum atomic E-state index is -4.57. The van der Waals surface area contributed by atoms with Crippen molar-refractivity contribution in [3.63, 3.8) is 0 Å². The highest BCUT2D eigenvalue weighted by Crippen LogP contribution is 2.30. The third kappa shape index (κ3) is 3.84. The molecule has 0 atom stereocenters. The predicted molar refractivity (Wildman–Crippen MR) is 65.7 cm³/mol. The molecule has 3 N–H and O–H groups in total. The smallest absolute Gasteiger partial charge is 0.365 e. The van der Waals surface area contributed by atoms with Crippen LogP contribution in [0.5, 0.6) is 0 Å². The number of carbonyl (C=O) groups is 1. The maximum atomic E-state index is 12.6. The van der Waals surface area contributed by atoms with Gasteiger partial charge in [0.2, 0.25) is 0 Å². The molecule has 4 nitrogen and oxygen atoms in total. The molecule has 1 rings (SSSR count). The molecule has 7 heteroatoms. The van der Waals surface area contributed by atoms with E-state index in [0.717, 1.165) is 12.1 Å². The maximum absolute atomic E-state index is 12.6. The van der Waals surface area contributed by atoms with Crippen LogP contribution in [0.25, 0.3) is 0 Å². The Hall–Kier alpha value is -1.79. The Bertz CT molecular complexity index is 484. The molecule has 0 aromatic carbocycles. The van der Waals surface area contributed by atoms with E-state index in [4.69, 9.17) is 5.73 Å². The first-order valence-corrected chi connectivity index (χ1v) is 5.73. The maximum Gasteiger partial charge on any atom is 0.433 e. The summed E-state index contributed by atoms with van der Waals surface area (Å²) in [6, 6.07) is 1.77. The second-order valence-electron chi connectivity index (χ2n) is 4.82. The quantitative estimate of drug-likeness (QED) is 0.887. The van der Waals surface area contributed by atoms with Gasteiger partial charge in [-0.3, -0.25) is 4.79 Å². The molecule has 0 radical (unpaired) electrons. The van der Waals surface area contributed by atoms with Gasteiger partial charge < -0.3 is 11.1 Å². The zero-order chi connectivity index (χ0) is 14.8. The van der Waals surface area contributed by atoms with Crippen molar-refractivity contribution in [1.29, 1.82) is 0 Å². The molecule has 19 heavy (non-hydrogen) atoms. The first-order valence-electron chi connectivity index (χ1n) is 5.73. The van der Waals surface area contributed by atoms with Crippen molar-refractivity contribution >= 4 is 11.7 Å². The molecule has 1 amide bonds. The van der Waals surface area contributed by atoms with Crippen molar-refractivity contribution in [3.05, 3.63) is 23.4 Å². The molecule has 0 saturated heterocycles. The van der Waals surface area contributed by atoms with E-state index < -0.39 is 23.3 Å². The fourth-order valence-corrected chi connectivity index (χ4v) is 1.32. The number of nitrogens with one attached hydrogen (secondary N) is 1. The standard InChI is InChI=1S/C12H16F3N3O/c1-4-11(2,3)18-10-7(9(16)19)5-6-8(17-10)12(13,14)15/h5-6H,4H2,1-3H3,(H2,16,19)(H,17,18). The average Bonchev–Trinajstić information content (AvgIpc) is 2.27. The molecule has 0 bridgehead atoms. The van der Waals surface area contributed by atoms with Crippen LogP contribution < -0.4 is 11.1 Å². The van der Waals surface area contributed by atoms with Crippen molar-refractivity contribution < 1.29 is 18.0 Å². The molecule has 1 aromatic heterocycles. The molecule has 0 unspecified atom stereocenters. The zero-order valence-corrected chi connectivity index (χ0v) is 10.9. The van der Waals surface area contributed by atoms with Crippen molar-refractivity contribution in [2.45, 2.75) is 38.9 Å². The van der Waals surface area contributed by atoms with Gasteiger partial charge in [-0.15, -0.1) is 0 Å². The van der Waals surface area contributed by atoms with Crippen LogP contribution >= 0.6 is 0 Å². The normalized spacial score (nSPS) is 12.3. The fourth-order valence-electron chi connectivity index (χ4n) is 1.32. The summed E-state index contributed by atoms with van der Waals surface area (Å²) in [7, 11) is 0. The fraction of sp³-hybridized carbons (Fsp3) is 0.500. The number of rotatable bonds is 4. The lowest BCUT2D eigenvalue weighted by molar-refractivity contribution is -0.141. The van der Waals surface area contributed by atoms with Crippen LogP contribution in [0, 0.1) is 0 Å². The summed E-state index contributed by atoms with van der Waals surface area (Å²) >= 11 is 0. The molecule has 0 aliphatic heterocycles. The van der Waals surface area contributed by atoms with Crippen molar-refractivity contribution in [2.24, 2.45) is 5.73 Å². The number of hydrogen-bond acceptors (Lipinski definition) is 3. The van der Waals surface area contributed by atoms with E-state index in [0.29, 0.717) is 6.42 Å². The highest BCUT2D eigenvalue weighted by Gasteiger charge is 2.34. The number of anilines is 1. The number of pyridine rings is 1. The number of alkyl halides is 3. The van der Waals surface area contributed by atoms with Crippen LogP contribution in [-0.4, -0.2) is 16.4 Å². The highest BCUT2D eigenvalue weighted by atomic mass is 19.4. The topological polar surface area (TPSA) is 68.0 Å². The molecule has 106 valence electrons. The third-order valence-electron chi connectivity index (χ3n) is 2.79. The zero-order valence-electron chi connectivity index (χ0n) is 10.9. The van der Waals surface area contributed by atoms with Crippen molar-refractivity contribution in [3.8, 4) is 0 Å². The summed E-state index contributed by atoms with van der Waals surface area (Å²) < 4.78 is 37.8. The van der Waals surface area contributed by atoms with Gasteiger partial charge in [-0.2, -0.15) is 13.2 Å². The number of primary amides is 1. The van der Waals surface area contributed by atoms with Gasteiger partial charge in [0.05, 0.1) is 5.56 Å². The summed E-state index contributed by atoms with van der Waals surface area (Å²) in [6.07, 6.45) is -3.92. The Morgan fingerprint density at radius 3 is 2.37 bits per heavy atom. The Kier molecular flexibility index (Phi) is 4.07. The van der Waals surface area contributed by atoms with Crippen LogP contribution in [0.3, 0.4) is 0 Å². The first kappa shape index (κ1) is 15.3. The van der Waals surface area contributed by atoms with Gasteiger partial charge in [-0.1, -0.05) is 6.92 Å². The van der Waals surface area contributed by atoms with Gasteiger partial charge in [0.1, 0.15) is 11.5 Å². The number of hydrogen-bond donors (Lipinski definition) is 2. The van der Waals surface area contributed by atoms with Crippen LogP contribution in [0.1, 0.15) is 43.2 Å². The number of amides is 1. The molecule has 0 spiro atoms. The summed E-state index contributed by atoms with van der Waals surface area (Å²) in [4.78, 5) is 14.7. The minimum absolute atomic E-state index is 0.0606. The average molecular weight is 275 g/mol. The van der Waals surface area contributed by atoms with Gasteiger partial charge >= 0.3 is 6.18 Å². The van der Waals surface area contributed by atoms with Crippen LogP contribution in [0.2, 0.25) is 0 Å². The Labute approximate surface area is 109 Å². The molecule has 0 aliphatic carbocycles. The van der Waals surface area contributed by atoms with Gasteiger partial charge in [0, 0.05) is 5.54 Å². The van der Waals surface area contributed by atoms with E-state index in [9.17, 15) is 18.0 Å². The number of nitrogens with two attached hydrogens (primary N) is 1. The highest BCUT2D eigenvalue weighted by molar-refractivity contribution is 5.97. The van der Waals surface area contributed by atoms with Gasteiger partial charge in [-0.05, 0) is 32.4 Å². The Morgan fingerprint density at radius 1 is 1.37 bits per heavy atom. The van der Waals surface area contributed by atoms with Gasteiger partial charge in [-0.25, -0.2) is 4.98 Å². The second-order valence-corrected chi connectivity index (χ2v) is 4.82. The molecular formula is C12H16F3N3O. The van der Waals surface area contributed by atoms with Crippen LogP contribution in [-0.2, 0) is 6.18 Å². The number of nitrogens with zero attached hydrogens (tertiary/aromatic N) is 1. The molecule has 1 heterocycles. The van der Waals surface area contributed by atoms with Gasteiger partial charge in [0.15, 0.2) is 0 Å². The number of carbonyl (C=O) groups excluding carboxylic acids is 1. The Balaban J connectivity index is 3.28. The van der Waals surface area contributed by atoms with Gasteiger partial charge in [0.25, 0.3) is 5.91 Å². The molecular weight excluding hydrogens is 259 g/mol.